The summed E-state index contributed by atoms with van der Waals surface area (Å²) in [5.41, 5.74) is 2.95. The summed E-state index contributed by atoms with van der Waals surface area (Å²) < 4.78 is 28.8. The number of anilines is 1. The van der Waals surface area contributed by atoms with Crippen LogP contribution in [0.2, 0.25) is 0 Å². The topological polar surface area (TPSA) is 132 Å². The first-order valence-corrected chi connectivity index (χ1v) is 9.42. The highest BCUT2D eigenvalue weighted by molar-refractivity contribution is 6.25. The van der Waals surface area contributed by atoms with Gasteiger partial charge in [-0.25, -0.2) is 8.78 Å². The van der Waals surface area contributed by atoms with Gasteiger partial charge in [0.05, 0.1) is 16.2 Å². The Morgan fingerprint density at radius 1 is 1.00 bits per heavy atom. The summed E-state index contributed by atoms with van der Waals surface area (Å²) in [4.78, 5) is 47.3. The van der Waals surface area contributed by atoms with Crippen LogP contribution in [0.15, 0.2) is 66.4 Å². The van der Waals surface area contributed by atoms with E-state index in [9.17, 15) is 33.3 Å². The van der Waals surface area contributed by atoms with Gasteiger partial charge >= 0.3 is 0 Å². The molecule has 0 saturated carbocycles. The van der Waals surface area contributed by atoms with Gasteiger partial charge in [0, 0.05) is 22.9 Å². The van der Waals surface area contributed by atoms with E-state index in [0.717, 1.165) is 6.08 Å². The number of Topliss-reactive ketones (excluding diaryl/α,β-unsaturated/α-hetero) is 1. The second-order valence-electron chi connectivity index (χ2n) is 7.07. The van der Waals surface area contributed by atoms with Crippen molar-refractivity contribution in [3.63, 3.8) is 0 Å². The fraction of sp³-hybridized carbons (Fsp3) is 0. The summed E-state index contributed by atoms with van der Waals surface area (Å²) in [6.07, 6.45) is 1.10. The number of nitro benzene ring substituents is 1. The first-order valence-electron chi connectivity index (χ1n) is 9.42. The van der Waals surface area contributed by atoms with Crippen molar-refractivity contribution in [2.24, 2.45) is 5.73 Å². The molecule has 0 unspecified atom stereocenters. The number of fused-ring (bicyclic) bond motifs is 1. The van der Waals surface area contributed by atoms with Gasteiger partial charge in [0.2, 0.25) is 5.78 Å². The van der Waals surface area contributed by atoms with E-state index >= 15 is 0 Å². The third kappa shape index (κ3) is 3.74. The monoisotopic (exact) mass is 449 g/mol. The molecule has 0 bridgehead atoms. The molecule has 3 aromatic rings. The minimum absolute atomic E-state index is 0.0668. The van der Waals surface area contributed by atoms with Crippen LogP contribution in [-0.4, -0.2) is 22.4 Å². The molecule has 0 heterocycles. The first-order chi connectivity index (χ1) is 15.7. The van der Waals surface area contributed by atoms with Crippen LogP contribution in [0.1, 0.15) is 31.1 Å². The minimum Gasteiger partial charge on any atom is -0.365 e. The van der Waals surface area contributed by atoms with Gasteiger partial charge in [0.1, 0.15) is 5.56 Å². The van der Waals surface area contributed by atoms with E-state index in [0.29, 0.717) is 6.07 Å². The molecule has 3 N–H and O–H groups in total. The van der Waals surface area contributed by atoms with Crippen molar-refractivity contribution in [1.29, 1.82) is 0 Å². The number of carbonyl (C=O) groups is 3. The quantitative estimate of drug-likeness (QED) is 0.447. The van der Waals surface area contributed by atoms with Crippen LogP contribution in [-0.2, 0) is 0 Å². The zero-order valence-electron chi connectivity index (χ0n) is 16.6. The van der Waals surface area contributed by atoms with E-state index in [-0.39, 0.29) is 28.1 Å². The normalized spacial score (nSPS) is 12.7. The number of nitrogens with two attached hydrogens (primary N) is 1. The Morgan fingerprint density at radius 2 is 1.70 bits per heavy atom. The lowest BCUT2D eigenvalue weighted by molar-refractivity contribution is -0.384. The van der Waals surface area contributed by atoms with Crippen molar-refractivity contribution in [2.75, 3.05) is 5.32 Å². The van der Waals surface area contributed by atoms with Gasteiger partial charge < -0.3 is 11.1 Å². The summed E-state index contributed by atoms with van der Waals surface area (Å²) in [6.45, 7) is 0. The average molecular weight is 449 g/mol. The van der Waals surface area contributed by atoms with Crippen LogP contribution >= 0.6 is 0 Å². The largest absolute Gasteiger partial charge is 0.365 e. The van der Waals surface area contributed by atoms with Crippen molar-refractivity contribution < 1.29 is 28.1 Å². The fourth-order valence-electron chi connectivity index (χ4n) is 3.57. The predicted molar refractivity (Wildman–Crippen MR) is 114 cm³/mol. The van der Waals surface area contributed by atoms with Crippen molar-refractivity contribution >= 4 is 28.8 Å². The lowest BCUT2D eigenvalue weighted by Gasteiger charge is -2.17. The lowest BCUT2D eigenvalue weighted by Crippen LogP contribution is -2.21. The first kappa shape index (κ1) is 21.5. The van der Waals surface area contributed by atoms with Crippen molar-refractivity contribution in [2.45, 2.75) is 0 Å². The van der Waals surface area contributed by atoms with Gasteiger partial charge in [-0.15, -0.1) is 0 Å². The van der Waals surface area contributed by atoms with Crippen LogP contribution in [0.25, 0.3) is 11.1 Å². The van der Waals surface area contributed by atoms with E-state index in [1.54, 1.807) is 12.1 Å². The third-order valence-corrected chi connectivity index (χ3v) is 5.03. The van der Waals surface area contributed by atoms with Crippen LogP contribution in [0.4, 0.5) is 20.2 Å². The van der Waals surface area contributed by atoms with Crippen molar-refractivity contribution in [3.8, 4) is 11.1 Å². The standard InChI is InChI=1S/C23H13F2N3O5/c24-16-9-15(23(26)31)21(28(32)33)19(20(16)25)11-4-3-5-12(8-11)27-17-10-18(29)13-6-1-2-7-14(13)22(17)30/h1-10,27H,(H2,26,31). The summed E-state index contributed by atoms with van der Waals surface area (Å²) in [7, 11) is 0. The van der Waals surface area contributed by atoms with Gasteiger partial charge in [-0.2, -0.15) is 0 Å². The number of hydrogen-bond donors (Lipinski definition) is 2. The summed E-state index contributed by atoms with van der Waals surface area (Å²) in [5, 5.41) is 14.3. The van der Waals surface area contributed by atoms with Crippen LogP contribution in [0.5, 0.6) is 0 Å². The fourth-order valence-corrected chi connectivity index (χ4v) is 3.57. The number of benzene rings is 3. The SMILES string of the molecule is NC(=O)c1cc(F)c(F)c(-c2cccc(NC3=CC(=O)c4ccccc4C3=O)c2)c1[N+](=O)[O-]. The second-order valence-corrected chi connectivity index (χ2v) is 7.07. The number of primary amides is 1. The third-order valence-electron chi connectivity index (χ3n) is 5.03. The van der Waals surface area contributed by atoms with Gasteiger partial charge in [0.25, 0.3) is 11.6 Å². The number of nitrogens with zero attached hydrogens (tertiary/aromatic N) is 1. The zero-order chi connectivity index (χ0) is 23.9. The van der Waals surface area contributed by atoms with Crippen LogP contribution < -0.4 is 11.1 Å². The molecule has 4 rings (SSSR count). The highest BCUT2D eigenvalue weighted by Crippen LogP contribution is 2.38. The molecule has 33 heavy (non-hydrogen) atoms. The number of halogens is 2. The lowest BCUT2D eigenvalue weighted by atomic mass is 9.92. The van der Waals surface area contributed by atoms with Gasteiger partial charge in [-0.05, 0) is 23.8 Å². The Labute approximate surface area is 184 Å². The molecule has 8 nitrogen and oxygen atoms in total. The molecule has 0 aliphatic heterocycles. The number of allylic oxidation sites excluding steroid dienone is 2. The molecule has 1 amide bonds. The summed E-state index contributed by atoms with van der Waals surface area (Å²) >= 11 is 0. The Kier molecular flexibility index (Phi) is 5.26. The summed E-state index contributed by atoms with van der Waals surface area (Å²) in [5.74, 6) is -5.20. The number of nitrogens with one attached hydrogen (secondary N) is 1. The Morgan fingerprint density at radius 3 is 2.36 bits per heavy atom. The maximum absolute atomic E-state index is 14.7. The second kappa shape index (κ2) is 8.08. The Hall–Kier alpha value is -4.73. The van der Waals surface area contributed by atoms with Crippen molar-refractivity contribution in [3.05, 3.63) is 105 Å². The molecule has 0 atom stereocenters. The smallest absolute Gasteiger partial charge is 0.293 e. The number of rotatable bonds is 5. The molecule has 1 aliphatic rings. The molecule has 1 aliphatic carbocycles. The maximum atomic E-state index is 14.7. The van der Waals surface area contributed by atoms with E-state index < -0.39 is 50.8 Å². The number of carbonyl (C=O) groups excluding carboxylic acids is 3. The Bertz CT molecular complexity index is 1420. The van der Waals surface area contributed by atoms with Gasteiger partial charge in [-0.1, -0.05) is 36.4 Å². The molecule has 0 fully saturated rings. The van der Waals surface area contributed by atoms with E-state index in [2.05, 4.69) is 5.32 Å². The molecule has 3 aromatic carbocycles. The van der Waals surface area contributed by atoms with Crippen LogP contribution in [0, 0.1) is 21.7 Å². The number of amides is 1. The van der Waals surface area contributed by atoms with Crippen molar-refractivity contribution in [1.82, 2.24) is 0 Å². The molecule has 0 radical (unpaired) electrons. The summed E-state index contributed by atoms with van der Waals surface area (Å²) in [6, 6.07) is 11.9. The molecular weight excluding hydrogens is 436 g/mol. The van der Waals surface area contributed by atoms with Gasteiger partial charge in [0.15, 0.2) is 17.4 Å². The maximum Gasteiger partial charge on any atom is 0.293 e. The number of hydrogen-bond acceptors (Lipinski definition) is 6. The number of ketones is 2. The van der Waals surface area contributed by atoms with Crippen LogP contribution in [0.3, 0.4) is 0 Å². The molecule has 10 heteroatoms. The van der Waals surface area contributed by atoms with Gasteiger partial charge in [-0.3, -0.25) is 24.5 Å². The highest BCUT2D eigenvalue weighted by atomic mass is 19.2. The average Bonchev–Trinajstić information content (AvgIpc) is 2.78. The molecule has 0 aromatic heterocycles. The molecular formula is C23H13F2N3O5. The van der Waals surface area contributed by atoms with E-state index in [1.165, 1.54) is 36.4 Å². The highest BCUT2D eigenvalue weighted by Gasteiger charge is 2.31. The molecule has 0 saturated heterocycles. The molecule has 164 valence electrons. The zero-order valence-corrected chi connectivity index (χ0v) is 16.6. The minimum atomic E-state index is -1.54. The number of nitro groups is 1. The Balaban J connectivity index is 1.79. The molecule has 0 spiro atoms. The van der Waals surface area contributed by atoms with E-state index in [4.69, 9.17) is 5.73 Å². The van der Waals surface area contributed by atoms with E-state index in [1.807, 2.05) is 0 Å². The predicted octanol–water partition coefficient (Wildman–Crippen LogP) is 4.01.